The van der Waals surface area contributed by atoms with Crippen molar-refractivity contribution >= 4 is 32.4 Å². The van der Waals surface area contributed by atoms with Crippen LogP contribution >= 0.6 is 22.6 Å². The summed E-state index contributed by atoms with van der Waals surface area (Å²) < 4.78 is 4.76. The molecule has 0 heterocycles. The maximum Gasteiger partial charge on any atom is 0.308 e. The Morgan fingerprint density at radius 1 is 1.23 bits per heavy atom. The number of ether oxygens (including phenoxy) is 1. The van der Waals surface area contributed by atoms with Crippen molar-refractivity contribution in [3.8, 4) is 5.75 Å². The van der Waals surface area contributed by atoms with E-state index in [1.807, 2.05) is 0 Å². The maximum absolute atomic E-state index is 10.9. The number of halogens is 1. The first-order chi connectivity index (χ1) is 6.09. The highest BCUT2D eigenvalue weighted by atomic mass is 127. The largest absolute Gasteiger partial charge is 0.427 e. The summed E-state index contributed by atoms with van der Waals surface area (Å²) in [6.45, 7) is 1.33. The second-order valence-corrected chi connectivity index (χ2v) is 3.37. The highest BCUT2D eigenvalue weighted by molar-refractivity contribution is 14.1. The summed E-state index contributed by atoms with van der Waals surface area (Å²) in [4.78, 5) is 21.4. The Morgan fingerprint density at radius 3 is 2.15 bits per heavy atom. The molecule has 0 aliphatic rings. The van der Waals surface area contributed by atoms with Gasteiger partial charge in [0.2, 0.25) is 3.79 Å². The summed E-state index contributed by atoms with van der Waals surface area (Å²) >= 11 is 1.70. The molecular weight excluding hydrogens is 283 g/mol. The Kier molecular flexibility index (Phi) is 3.41. The molecule has 4 heteroatoms. The van der Waals surface area contributed by atoms with Crippen LogP contribution in [0.15, 0.2) is 24.3 Å². The van der Waals surface area contributed by atoms with E-state index in [-0.39, 0.29) is 9.76 Å². The van der Waals surface area contributed by atoms with E-state index in [1.165, 1.54) is 6.92 Å². The molecule has 0 atom stereocenters. The van der Waals surface area contributed by atoms with Crippen LogP contribution in [0.4, 0.5) is 0 Å². The Bertz CT molecular complexity index is 329. The second-order valence-electron chi connectivity index (χ2n) is 2.39. The average molecular weight is 290 g/mol. The molecule has 0 amide bonds. The van der Waals surface area contributed by atoms with Crippen LogP contribution < -0.4 is 4.74 Å². The van der Waals surface area contributed by atoms with Crippen LogP contribution in [0.2, 0.25) is 0 Å². The molecule has 0 saturated carbocycles. The van der Waals surface area contributed by atoms with E-state index >= 15 is 0 Å². The van der Waals surface area contributed by atoms with Crippen molar-refractivity contribution in [1.82, 2.24) is 0 Å². The van der Waals surface area contributed by atoms with Gasteiger partial charge in [-0.25, -0.2) is 0 Å². The van der Waals surface area contributed by atoms with Gasteiger partial charge in [-0.3, -0.25) is 9.59 Å². The molecular formula is C9H7IO3. The molecule has 0 unspecified atom stereocenters. The quantitative estimate of drug-likeness (QED) is 0.363. The van der Waals surface area contributed by atoms with Crippen LogP contribution in [0.3, 0.4) is 0 Å². The average Bonchev–Trinajstić information content (AvgIpc) is 2.04. The zero-order chi connectivity index (χ0) is 9.84. The van der Waals surface area contributed by atoms with Crippen LogP contribution in [-0.2, 0) is 4.79 Å². The van der Waals surface area contributed by atoms with Gasteiger partial charge in [0, 0.05) is 35.1 Å². The van der Waals surface area contributed by atoms with E-state index in [4.69, 9.17) is 4.74 Å². The van der Waals surface area contributed by atoms with Crippen LogP contribution in [0.25, 0.3) is 0 Å². The minimum absolute atomic E-state index is 0.0352. The van der Waals surface area contributed by atoms with Crippen LogP contribution in [-0.4, -0.2) is 9.76 Å². The molecule has 68 valence electrons. The van der Waals surface area contributed by atoms with Crippen molar-refractivity contribution in [3.05, 3.63) is 29.8 Å². The van der Waals surface area contributed by atoms with E-state index in [0.29, 0.717) is 11.3 Å². The number of esters is 1. The van der Waals surface area contributed by atoms with Crippen molar-refractivity contribution in [2.24, 2.45) is 0 Å². The topological polar surface area (TPSA) is 43.4 Å². The van der Waals surface area contributed by atoms with Crippen molar-refractivity contribution in [2.75, 3.05) is 0 Å². The van der Waals surface area contributed by atoms with E-state index < -0.39 is 0 Å². The van der Waals surface area contributed by atoms with Crippen molar-refractivity contribution < 1.29 is 14.3 Å². The molecule has 0 aliphatic heterocycles. The molecule has 1 aromatic rings. The van der Waals surface area contributed by atoms with Gasteiger partial charge in [0.15, 0.2) is 0 Å². The standard InChI is InChI=1S/C9H7IO3/c1-6(11)13-8-4-2-7(3-5-8)9(10)12/h2-5H,1H3. The second kappa shape index (κ2) is 4.36. The number of benzene rings is 1. The van der Waals surface area contributed by atoms with Gasteiger partial charge < -0.3 is 4.74 Å². The fraction of sp³-hybridized carbons (Fsp3) is 0.111. The summed E-state index contributed by atoms with van der Waals surface area (Å²) in [7, 11) is 0. The van der Waals surface area contributed by atoms with Gasteiger partial charge in [-0.1, -0.05) is 0 Å². The number of hydrogen-bond donors (Lipinski definition) is 0. The molecule has 0 saturated heterocycles. The monoisotopic (exact) mass is 290 g/mol. The summed E-state index contributed by atoms with van der Waals surface area (Å²) in [6.07, 6.45) is 0. The normalized spacial score (nSPS) is 9.38. The fourth-order valence-corrected chi connectivity index (χ4v) is 1.18. The highest BCUT2D eigenvalue weighted by Crippen LogP contribution is 2.14. The summed E-state index contributed by atoms with van der Waals surface area (Å²) in [5, 5.41) is 0. The highest BCUT2D eigenvalue weighted by Gasteiger charge is 2.01. The van der Waals surface area contributed by atoms with E-state index in [1.54, 1.807) is 46.9 Å². The van der Waals surface area contributed by atoms with Gasteiger partial charge in [0.1, 0.15) is 5.75 Å². The lowest BCUT2D eigenvalue weighted by atomic mass is 10.2. The van der Waals surface area contributed by atoms with Gasteiger partial charge in [0.05, 0.1) is 0 Å². The van der Waals surface area contributed by atoms with Gasteiger partial charge in [-0.2, -0.15) is 0 Å². The SMILES string of the molecule is CC(=O)Oc1ccc(C(=O)I)cc1. The third-order valence-corrected chi connectivity index (χ3v) is 1.97. The lowest BCUT2D eigenvalue weighted by molar-refractivity contribution is -0.131. The molecule has 0 bridgehead atoms. The number of carbonyl (C=O) groups excluding carboxylic acids is 2. The molecule has 0 aliphatic carbocycles. The van der Waals surface area contributed by atoms with Crippen molar-refractivity contribution in [3.63, 3.8) is 0 Å². The predicted molar refractivity (Wildman–Crippen MR) is 56.1 cm³/mol. The lowest BCUT2D eigenvalue weighted by Gasteiger charge is -2.00. The molecule has 0 fully saturated rings. The summed E-state index contributed by atoms with van der Waals surface area (Å²) in [5.74, 6) is 0.0856. The number of carbonyl (C=O) groups is 2. The third kappa shape index (κ3) is 3.14. The molecule has 3 nitrogen and oxygen atoms in total. The van der Waals surface area contributed by atoms with E-state index in [9.17, 15) is 9.59 Å². The lowest BCUT2D eigenvalue weighted by Crippen LogP contribution is -2.01. The van der Waals surface area contributed by atoms with Gasteiger partial charge >= 0.3 is 5.97 Å². The maximum atomic E-state index is 10.9. The first-order valence-electron chi connectivity index (χ1n) is 3.58. The first kappa shape index (κ1) is 10.2. The third-order valence-electron chi connectivity index (χ3n) is 1.34. The fourth-order valence-electron chi connectivity index (χ4n) is 0.820. The molecule has 13 heavy (non-hydrogen) atoms. The minimum atomic E-state index is -0.367. The van der Waals surface area contributed by atoms with Crippen LogP contribution in [0, 0.1) is 0 Å². The Balaban J connectivity index is 2.81. The molecule has 0 spiro atoms. The van der Waals surface area contributed by atoms with E-state index in [0.717, 1.165) is 0 Å². The Labute approximate surface area is 89.2 Å². The Morgan fingerprint density at radius 2 is 1.77 bits per heavy atom. The van der Waals surface area contributed by atoms with Crippen molar-refractivity contribution in [1.29, 1.82) is 0 Å². The number of rotatable bonds is 2. The summed E-state index contributed by atoms with van der Waals surface area (Å²) in [5.41, 5.74) is 0.594. The van der Waals surface area contributed by atoms with Gasteiger partial charge in [-0.15, -0.1) is 0 Å². The molecule has 0 aromatic heterocycles. The van der Waals surface area contributed by atoms with Gasteiger partial charge in [-0.05, 0) is 24.3 Å². The molecule has 0 radical (unpaired) electrons. The van der Waals surface area contributed by atoms with Crippen molar-refractivity contribution in [2.45, 2.75) is 6.92 Å². The Hall–Kier alpha value is -0.910. The zero-order valence-corrected chi connectivity index (χ0v) is 9.07. The van der Waals surface area contributed by atoms with Crippen LogP contribution in [0.1, 0.15) is 17.3 Å². The van der Waals surface area contributed by atoms with E-state index in [2.05, 4.69) is 0 Å². The van der Waals surface area contributed by atoms with Gasteiger partial charge in [0.25, 0.3) is 0 Å². The zero-order valence-electron chi connectivity index (χ0n) is 6.91. The predicted octanol–water partition coefficient (Wildman–Crippen LogP) is 2.19. The molecule has 1 rings (SSSR count). The smallest absolute Gasteiger partial charge is 0.308 e. The van der Waals surface area contributed by atoms with Crippen LogP contribution in [0.5, 0.6) is 5.75 Å². The summed E-state index contributed by atoms with van der Waals surface area (Å²) in [6, 6.07) is 6.42. The molecule has 1 aromatic carbocycles. The molecule has 0 N–H and O–H groups in total. The first-order valence-corrected chi connectivity index (χ1v) is 4.66. The minimum Gasteiger partial charge on any atom is -0.427 e. The number of hydrogen-bond acceptors (Lipinski definition) is 3.